The van der Waals surface area contributed by atoms with Gasteiger partial charge in [-0.1, -0.05) is 19.3 Å². The van der Waals surface area contributed by atoms with Gasteiger partial charge in [0.2, 0.25) is 0 Å². The molecular formula is C11H15BrN2S. The molecule has 1 saturated carbocycles. The van der Waals surface area contributed by atoms with Crippen molar-refractivity contribution in [3.63, 3.8) is 0 Å². The molecule has 0 amide bonds. The van der Waals surface area contributed by atoms with Crippen LogP contribution in [0.1, 0.15) is 37.9 Å². The van der Waals surface area contributed by atoms with E-state index < -0.39 is 0 Å². The zero-order valence-electron chi connectivity index (χ0n) is 8.87. The maximum absolute atomic E-state index is 4.47. The Hall–Kier alpha value is -0.0900. The van der Waals surface area contributed by atoms with Gasteiger partial charge in [0.1, 0.15) is 10.9 Å². The third kappa shape index (κ3) is 3.18. The van der Waals surface area contributed by atoms with Crippen LogP contribution in [0.5, 0.6) is 0 Å². The van der Waals surface area contributed by atoms with Crippen molar-refractivity contribution in [3.8, 4) is 0 Å². The van der Waals surface area contributed by atoms with Gasteiger partial charge >= 0.3 is 0 Å². The Morgan fingerprint density at radius 3 is 2.80 bits per heavy atom. The molecule has 4 heteroatoms. The van der Waals surface area contributed by atoms with E-state index >= 15 is 0 Å². The minimum atomic E-state index is 0.754. The number of rotatable bonds is 2. The summed E-state index contributed by atoms with van der Waals surface area (Å²) in [5.41, 5.74) is 0. The van der Waals surface area contributed by atoms with E-state index in [0.29, 0.717) is 0 Å². The van der Waals surface area contributed by atoms with Gasteiger partial charge in [-0.3, -0.25) is 0 Å². The van der Waals surface area contributed by atoms with Crippen LogP contribution in [0.15, 0.2) is 15.7 Å². The van der Waals surface area contributed by atoms with Gasteiger partial charge in [-0.15, -0.1) is 11.8 Å². The van der Waals surface area contributed by atoms with Gasteiger partial charge in [0.05, 0.1) is 4.47 Å². The molecule has 1 aliphatic rings. The minimum Gasteiger partial charge on any atom is -0.240 e. The van der Waals surface area contributed by atoms with E-state index in [1.165, 1.54) is 32.1 Å². The minimum absolute atomic E-state index is 0.754. The summed E-state index contributed by atoms with van der Waals surface area (Å²) in [6.45, 7) is 1.94. The topological polar surface area (TPSA) is 25.8 Å². The Balaban J connectivity index is 2.05. The van der Waals surface area contributed by atoms with Crippen LogP contribution in [0.2, 0.25) is 0 Å². The zero-order chi connectivity index (χ0) is 10.7. The van der Waals surface area contributed by atoms with Gasteiger partial charge in [-0.2, -0.15) is 0 Å². The highest BCUT2D eigenvalue weighted by atomic mass is 79.9. The van der Waals surface area contributed by atoms with Crippen LogP contribution >= 0.6 is 27.7 Å². The molecule has 0 aliphatic heterocycles. The number of nitrogens with zero attached hydrogens (tertiary/aromatic N) is 2. The predicted molar refractivity (Wildman–Crippen MR) is 67.2 cm³/mol. The van der Waals surface area contributed by atoms with E-state index in [4.69, 9.17) is 0 Å². The summed E-state index contributed by atoms with van der Waals surface area (Å²) in [5, 5.41) is 1.86. The summed E-state index contributed by atoms with van der Waals surface area (Å²) < 4.78 is 1.03. The van der Waals surface area contributed by atoms with Crippen LogP contribution in [0, 0.1) is 6.92 Å². The molecule has 2 rings (SSSR count). The summed E-state index contributed by atoms with van der Waals surface area (Å²) in [7, 11) is 0. The Labute approximate surface area is 103 Å². The molecule has 0 aromatic carbocycles. The van der Waals surface area contributed by atoms with E-state index in [9.17, 15) is 0 Å². The molecule has 0 spiro atoms. The molecule has 82 valence electrons. The summed E-state index contributed by atoms with van der Waals surface area (Å²) in [6.07, 6.45) is 8.67. The van der Waals surface area contributed by atoms with Crippen molar-refractivity contribution in [2.75, 3.05) is 0 Å². The molecule has 1 heterocycles. The maximum atomic E-state index is 4.47. The van der Waals surface area contributed by atoms with E-state index in [-0.39, 0.29) is 0 Å². The van der Waals surface area contributed by atoms with Crippen molar-refractivity contribution in [2.45, 2.75) is 49.3 Å². The number of aromatic nitrogens is 2. The lowest BCUT2D eigenvalue weighted by Gasteiger charge is -2.20. The second-order valence-corrected chi connectivity index (χ2v) is 6.09. The molecule has 1 fully saturated rings. The Kier molecular flexibility index (Phi) is 4.03. The van der Waals surface area contributed by atoms with Crippen molar-refractivity contribution >= 4 is 27.7 Å². The van der Waals surface area contributed by atoms with Crippen molar-refractivity contribution in [1.29, 1.82) is 0 Å². The maximum Gasteiger partial charge on any atom is 0.126 e. The van der Waals surface area contributed by atoms with Crippen LogP contribution < -0.4 is 0 Å². The second-order valence-electron chi connectivity index (χ2n) is 3.95. The van der Waals surface area contributed by atoms with Crippen LogP contribution in [0.3, 0.4) is 0 Å². The average molecular weight is 287 g/mol. The van der Waals surface area contributed by atoms with Gasteiger partial charge in [-0.05, 0) is 35.7 Å². The fourth-order valence-corrected chi connectivity index (χ4v) is 3.56. The van der Waals surface area contributed by atoms with Crippen molar-refractivity contribution < 1.29 is 0 Å². The van der Waals surface area contributed by atoms with Gasteiger partial charge in [-0.25, -0.2) is 9.97 Å². The predicted octanol–water partition coefficient (Wildman–Crippen LogP) is 3.97. The van der Waals surface area contributed by atoms with E-state index in [0.717, 1.165) is 20.6 Å². The van der Waals surface area contributed by atoms with E-state index in [1.54, 1.807) is 0 Å². The zero-order valence-corrected chi connectivity index (χ0v) is 11.3. The molecule has 0 unspecified atom stereocenters. The van der Waals surface area contributed by atoms with E-state index in [2.05, 4.69) is 25.9 Å². The lowest BCUT2D eigenvalue weighted by atomic mass is 10.0. The van der Waals surface area contributed by atoms with Crippen LogP contribution in [0.25, 0.3) is 0 Å². The Morgan fingerprint density at radius 1 is 1.33 bits per heavy atom. The highest BCUT2D eigenvalue weighted by Gasteiger charge is 2.16. The summed E-state index contributed by atoms with van der Waals surface area (Å²) in [4.78, 5) is 8.63. The SMILES string of the molecule is Cc1ncc(Br)c(SC2CCCCC2)n1. The number of hydrogen-bond donors (Lipinski definition) is 0. The van der Waals surface area contributed by atoms with Gasteiger partial charge < -0.3 is 0 Å². The Bertz CT molecular complexity index is 337. The third-order valence-corrected chi connectivity index (χ3v) is 4.84. The molecular weight excluding hydrogens is 272 g/mol. The molecule has 1 aromatic heterocycles. The van der Waals surface area contributed by atoms with Gasteiger partial charge in [0.25, 0.3) is 0 Å². The van der Waals surface area contributed by atoms with Crippen LogP contribution in [-0.4, -0.2) is 15.2 Å². The smallest absolute Gasteiger partial charge is 0.126 e. The van der Waals surface area contributed by atoms with Gasteiger partial charge in [0, 0.05) is 11.4 Å². The first-order valence-corrected chi connectivity index (χ1v) is 7.09. The molecule has 2 nitrogen and oxygen atoms in total. The molecule has 1 aliphatic carbocycles. The molecule has 0 radical (unpaired) electrons. The Morgan fingerprint density at radius 2 is 2.07 bits per heavy atom. The van der Waals surface area contributed by atoms with Crippen molar-refractivity contribution in [2.24, 2.45) is 0 Å². The number of aryl methyl sites for hydroxylation is 1. The average Bonchev–Trinajstić information content (AvgIpc) is 2.25. The van der Waals surface area contributed by atoms with Crippen LogP contribution in [-0.2, 0) is 0 Å². The van der Waals surface area contributed by atoms with Gasteiger partial charge in [0.15, 0.2) is 0 Å². The van der Waals surface area contributed by atoms with Crippen molar-refractivity contribution in [1.82, 2.24) is 9.97 Å². The fourth-order valence-electron chi connectivity index (χ4n) is 1.86. The summed E-state index contributed by atoms with van der Waals surface area (Å²) >= 11 is 5.42. The standard InChI is InChI=1S/C11H15BrN2S/c1-8-13-7-10(12)11(14-8)15-9-5-3-2-4-6-9/h7,9H,2-6H2,1H3. The lowest BCUT2D eigenvalue weighted by Crippen LogP contribution is -2.08. The molecule has 1 aromatic rings. The number of thioether (sulfide) groups is 1. The highest BCUT2D eigenvalue weighted by molar-refractivity contribution is 9.10. The largest absolute Gasteiger partial charge is 0.240 e. The lowest BCUT2D eigenvalue weighted by molar-refractivity contribution is 0.515. The number of hydrogen-bond acceptors (Lipinski definition) is 3. The van der Waals surface area contributed by atoms with E-state index in [1.807, 2.05) is 24.9 Å². The summed E-state index contributed by atoms with van der Waals surface area (Å²) in [5.74, 6) is 0.858. The van der Waals surface area contributed by atoms with Crippen molar-refractivity contribution in [3.05, 3.63) is 16.5 Å². The second kappa shape index (κ2) is 5.30. The fraction of sp³-hybridized carbons (Fsp3) is 0.636. The first-order chi connectivity index (χ1) is 7.25. The number of halogens is 1. The summed E-state index contributed by atoms with van der Waals surface area (Å²) in [6, 6.07) is 0. The third-order valence-electron chi connectivity index (χ3n) is 2.66. The molecule has 0 atom stereocenters. The monoisotopic (exact) mass is 286 g/mol. The quantitative estimate of drug-likeness (QED) is 0.770. The molecule has 0 N–H and O–H groups in total. The normalized spacial score (nSPS) is 18.0. The van der Waals surface area contributed by atoms with Crippen LogP contribution in [0.4, 0.5) is 0 Å². The molecule has 0 bridgehead atoms. The first kappa shape index (κ1) is 11.4. The molecule has 0 saturated heterocycles. The molecule has 15 heavy (non-hydrogen) atoms. The first-order valence-electron chi connectivity index (χ1n) is 5.41. The highest BCUT2D eigenvalue weighted by Crippen LogP contribution is 2.35.